The smallest absolute Gasteiger partial charge is 0.451 e. The maximum absolute atomic E-state index is 12.7. The van der Waals surface area contributed by atoms with E-state index in [-0.39, 0.29) is 17.8 Å². The van der Waals surface area contributed by atoms with Gasteiger partial charge in [-0.3, -0.25) is 0 Å². The minimum absolute atomic E-state index is 0.0512. The molecule has 0 aliphatic rings. The Morgan fingerprint density at radius 2 is 1.95 bits per heavy atom. The molecule has 1 atom stereocenters. The first-order valence-corrected chi connectivity index (χ1v) is 7.17. The van der Waals surface area contributed by atoms with Crippen molar-refractivity contribution in [3.63, 3.8) is 0 Å². The van der Waals surface area contributed by atoms with E-state index < -0.39 is 12.0 Å². The summed E-state index contributed by atoms with van der Waals surface area (Å²) >= 11 is 0. The molecule has 0 bridgehead atoms. The largest absolute Gasteiger partial charge is 0.475 e. The van der Waals surface area contributed by atoms with Crippen LogP contribution in [0.2, 0.25) is 0 Å². The lowest BCUT2D eigenvalue weighted by Crippen LogP contribution is -2.17. The first kappa shape index (κ1) is 17.5. The van der Waals surface area contributed by atoms with Crippen LogP contribution in [0.3, 0.4) is 0 Å². The summed E-state index contributed by atoms with van der Waals surface area (Å²) in [6, 6.07) is 1.37. The third kappa shape index (κ3) is 6.18. The summed E-state index contributed by atoms with van der Waals surface area (Å²) in [6.07, 6.45) is 0.413. The van der Waals surface area contributed by atoms with E-state index in [0.717, 1.165) is 32.1 Å². The Bertz CT molecular complexity index is 438. The van der Waals surface area contributed by atoms with Gasteiger partial charge in [0, 0.05) is 13.1 Å². The molecule has 7 heteroatoms. The maximum atomic E-state index is 12.7. The lowest BCUT2D eigenvalue weighted by molar-refractivity contribution is -0.145. The molecule has 0 radical (unpaired) electrons. The summed E-state index contributed by atoms with van der Waals surface area (Å²) in [5, 5.41) is 2.58. The van der Waals surface area contributed by atoms with Crippen molar-refractivity contribution in [1.29, 1.82) is 0 Å². The summed E-state index contributed by atoms with van der Waals surface area (Å²) in [5.74, 6) is -1.15. The second-order valence-electron chi connectivity index (χ2n) is 4.94. The molecule has 120 valence electrons. The molecule has 1 N–H and O–H groups in total. The lowest BCUT2D eigenvalue weighted by atomic mass is 10.1. The van der Waals surface area contributed by atoms with Crippen molar-refractivity contribution in [2.45, 2.75) is 58.2 Å². The van der Waals surface area contributed by atoms with E-state index in [1.54, 1.807) is 0 Å². The average molecular weight is 305 g/mol. The van der Waals surface area contributed by atoms with Crippen LogP contribution in [0.15, 0.2) is 6.07 Å². The molecule has 0 saturated carbocycles. The van der Waals surface area contributed by atoms with E-state index in [1.165, 1.54) is 13.1 Å². The summed E-state index contributed by atoms with van der Waals surface area (Å²) in [5.41, 5.74) is 0. The lowest BCUT2D eigenvalue weighted by Gasteiger charge is -2.15. The number of ether oxygens (including phenoxy) is 1. The molecule has 1 unspecified atom stereocenters. The minimum atomic E-state index is -4.59. The Morgan fingerprint density at radius 1 is 1.24 bits per heavy atom. The number of nitrogens with one attached hydrogen (secondary N) is 1. The van der Waals surface area contributed by atoms with Gasteiger partial charge in [-0.05, 0) is 19.8 Å². The Morgan fingerprint density at radius 3 is 2.52 bits per heavy atom. The van der Waals surface area contributed by atoms with Crippen molar-refractivity contribution in [2.75, 3.05) is 12.4 Å². The highest BCUT2D eigenvalue weighted by Gasteiger charge is 2.35. The Kier molecular flexibility index (Phi) is 6.71. The molecule has 0 saturated heterocycles. The van der Waals surface area contributed by atoms with Crippen LogP contribution in [-0.4, -0.2) is 23.1 Å². The number of halogens is 3. The highest BCUT2D eigenvalue weighted by molar-refractivity contribution is 5.38. The van der Waals surface area contributed by atoms with Crippen molar-refractivity contribution >= 4 is 5.82 Å². The van der Waals surface area contributed by atoms with Crippen LogP contribution >= 0.6 is 0 Å². The number of alkyl halides is 3. The van der Waals surface area contributed by atoms with E-state index in [4.69, 9.17) is 4.74 Å². The van der Waals surface area contributed by atoms with Gasteiger partial charge in [0.2, 0.25) is 11.7 Å². The fourth-order valence-electron chi connectivity index (χ4n) is 1.86. The second-order valence-corrected chi connectivity index (χ2v) is 4.94. The quantitative estimate of drug-likeness (QED) is 0.728. The van der Waals surface area contributed by atoms with Crippen LogP contribution in [0, 0.1) is 0 Å². The number of anilines is 1. The van der Waals surface area contributed by atoms with Gasteiger partial charge in [-0.1, -0.05) is 26.2 Å². The van der Waals surface area contributed by atoms with Crippen LogP contribution in [-0.2, 0) is 6.18 Å². The normalized spacial score (nSPS) is 13.0. The first-order chi connectivity index (χ1) is 9.86. The third-order valence-corrected chi connectivity index (χ3v) is 3.00. The number of hydrogen-bond acceptors (Lipinski definition) is 4. The van der Waals surface area contributed by atoms with Crippen molar-refractivity contribution in [1.82, 2.24) is 9.97 Å². The predicted octanol–water partition coefficient (Wildman–Crippen LogP) is 4.27. The number of rotatable bonds is 8. The molecule has 0 fully saturated rings. The van der Waals surface area contributed by atoms with E-state index in [9.17, 15) is 13.2 Å². The number of hydrogen-bond donors (Lipinski definition) is 1. The molecule has 0 aromatic carbocycles. The van der Waals surface area contributed by atoms with Crippen LogP contribution < -0.4 is 10.1 Å². The molecule has 1 aromatic heterocycles. The van der Waals surface area contributed by atoms with Crippen LogP contribution in [0.25, 0.3) is 0 Å². The van der Waals surface area contributed by atoms with E-state index >= 15 is 0 Å². The summed E-state index contributed by atoms with van der Waals surface area (Å²) in [6.45, 7) is 3.96. The SMILES string of the molecule is CCCCCCC(C)Oc1cc(NC)nc(C(F)(F)F)n1. The highest BCUT2D eigenvalue weighted by atomic mass is 19.4. The summed E-state index contributed by atoms with van der Waals surface area (Å²) < 4.78 is 43.6. The predicted molar refractivity (Wildman–Crippen MR) is 75.4 cm³/mol. The Hall–Kier alpha value is -1.53. The molecule has 21 heavy (non-hydrogen) atoms. The minimum Gasteiger partial charge on any atom is -0.475 e. The van der Waals surface area contributed by atoms with Gasteiger partial charge in [-0.2, -0.15) is 18.2 Å². The van der Waals surface area contributed by atoms with Gasteiger partial charge in [0.25, 0.3) is 0 Å². The van der Waals surface area contributed by atoms with Crippen LogP contribution in [0.1, 0.15) is 51.8 Å². The van der Waals surface area contributed by atoms with Crippen molar-refractivity contribution in [2.24, 2.45) is 0 Å². The molecule has 1 aromatic rings. The second kappa shape index (κ2) is 8.05. The van der Waals surface area contributed by atoms with E-state index in [0.29, 0.717) is 0 Å². The van der Waals surface area contributed by atoms with Gasteiger partial charge in [-0.25, -0.2) is 4.98 Å². The molecule has 0 aliphatic carbocycles. The van der Waals surface area contributed by atoms with E-state index in [1.807, 2.05) is 6.92 Å². The van der Waals surface area contributed by atoms with Gasteiger partial charge in [0.1, 0.15) is 5.82 Å². The number of unbranched alkanes of at least 4 members (excludes halogenated alkanes) is 3. The Labute approximate surface area is 123 Å². The monoisotopic (exact) mass is 305 g/mol. The zero-order valence-electron chi connectivity index (χ0n) is 12.6. The fourth-order valence-corrected chi connectivity index (χ4v) is 1.86. The van der Waals surface area contributed by atoms with Gasteiger partial charge >= 0.3 is 6.18 Å². The number of aromatic nitrogens is 2. The topological polar surface area (TPSA) is 47.0 Å². The zero-order valence-corrected chi connectivity index (χ0v) is 12.6. The van der Waals surface area contributed by atoms with Crippen LogP contribution in [0.4, 0.5) is 19.0 Å². The molecule has 4 nitrogen and oxygen atoms in total. The fraction of sp³-hybridized carbons (Fsp3) is 0.714. The van der Waals surface area contributed by atoms with Crippen molar-refractivity contribution in [3.8, 4) is 5.88 Å². The van der Waals surface area contributed by atoms with Crippen LogP contribution in [0.5, 0.6) is 5.88 Å². The average Bonchev–Trinajstić information content (AvgIpc) is 2.42. The van der Waals surface area contributed by atoms with Crippen molar-refractivity contribution < 1.29 is 17.9 Å². The van der Waals surface area contributed by atoms with Gasteiger partial charge in [0.15, 0.2) is 0 Å². The van der Waals surface area contributed by atoms with E-state index in [2.05, 4.69) is 22.2 Å². The zero-order chi connectivity index (χ0) is 15.9. The van der Waals surface area contributed by atoms with Crippen molar-refractivity contribution in [3.05, 3.63) is 11.9 Å². The van der Waals surface area contributed by atoms with Gasteiger partial charge < -0.3 is 10.1 Å². The molecule has 1 heterocycles. The Balaban J connectivity index is 2.69. The van der Waals surface area contributed by atoms with Gasteiger partial charge in [-0.15, -0.1) is 0 Å². The molecule has 0 spiro atoms. The molecular formula is C14H22F3N3O. The molecular weight excluding hydrogens is 283 g/mol. The highest BCUT2D eigenvalue weighted by Crippen LogP contribution is 2.29. The maximum Gasteiger partial charge on any atom is 0.451 e. The molecule has 1 rings (SSSR count). The summed E-state index contributed by atoms with van der Waals surface area (Å²) in [7, 11) is 1.50. The summed E-state index contributed by atoms with van der Waals surface area (Å²) in [4.78, 5) is 6.83. The first-order valence-electron chi connectivity index (χ1n) is 7.17. The third-order valence-electron chi connectivity index (χ3n) is 3.00. The molecule has 0 aliphatic heterocycles. The standard InChI is InChI=1S/C14H22F3N3O/c1-4-5-6-7-8-10(2)21-12-9-11(18-3)19-13(20-12)14(15,16)17/h9-10H,4-8H2,1-3H3,(H,18,19,20). The number of nitrogens with zero attached hydrogens (tertiary/aromatic N) is 2. The van der Waals surface area contributed by atoms with Gasteiger partial charge in [0.05, 0.1) is 6.10 Å². The molecule has 0 amide bonds.